The number of ether oxygens (including phenoxy) is 1. The van der Waals surface area contributed by atoms with E-state index in [0.29, 0.717) is 22.9 Å². The van der Waals surface area contributed by atoms with E-state index < -0.39 is 7.60 Å². The topological polar surface area (TPSA) is 61.8 Å². The highest BCUT2D eigenvalue weighted by molar-refractivity contribution is 7.62. The van der Waals surface area contributed by atoms with Gasteiger partial charge in [-0.25, -0.2) is 0 Å². The van der Waals surface area contributed by atoms with Gasteiger partial charge in [0, 0.05) is 14.0 Å². The van der Waals surface area contributed by atoms with Gasteiger partial charge in [-0.15, -0.1) is 0 Å². The molecule has 6 heteroatoms. The minimum absolute atomic E-state index is 0.0340. The van der Waals surface area contributed by atoms with Crippen molar-refractivity contribution in [3.8, 4) is 5.75 Å². The number of rotatable bonds is 5. The van der Waals surface area contributed by atoms with Gasteiger partial charge in [-0.1, -0.05) is 0 Å². The second-order valence-corrected chi connectivity index (χ2v) is 9.86. The first-order chi connectivity index (χ1) is 12.0. The summed E-state index contributed by atoms with van der Waals surface area (Å²) in [5.41, 5.74) is 0. The van der Waals surface area contributed by atoms with Crippen molar-refractivity contribution < 1.29 is 23.1 Å². The third-order valence-corrected chi connectivity index (χ3v) is 7.99. The zero-order valence-electron chi connectivity index (χ0n) is 14.7. The molecule has 5 rings (SSSR count). The van der Waals surface area contributed by atoms with Gasteiger partial charge in [-0.05, 0) is 80.0 Å². The molecule has 1 unspecified atom stereocenters. The molecule has 1 atom stereocenters. The first kappa shape index (κ1) is 17.3. The molecule has 0 radical (unpaired) electrons. The lowest BCUT2D eigenvalue weighted by molar-refractivity contribution is -0.131. The van der Waals surface area contributed by atoms with Crippen molar-refractivity contribution in [1.29, 1.82) is 0 Å². The van der Waals surface area contributed by atoms with Crippen LogP contribution in [0.2, 0.25) is 0 Å². The van der Waals surface area contributed by atoms with Crippen molar-refractivity contribution in [3.63, 3.8) is 0 Å². The molecule has 0 aliphatic heterocycles. The number of carbonyl (C=O) groups is 1. The van der Waals surface area contributed by atoms with Crippen molar-refractivity contribution >= 4 is 18.9 Å². The molecule has 5 nitrogen and oxygen atoms in total. The highest BCUT2D eigenvalue weighted by Gasteiger charge is 2.51. The molecular formula is C19H25O5P. The van der Waals surface area contributed by atoms with Gasteiger partial charge in [0.2, 0.25) is 0 Å². The molecule has 0 N–H and O–H groups in total. The first-order valence-corrected chi connectivity index (χ1v) is 10.6. The Morgan fingerprint density at radius 1 is 1.00 bits per heavy atom. The summed E-state index contributed by atoms with van der Waals surface area (Å²) in [6.07, 6.45) is 6.21. The molecule has 0 saturated heterocycles. The Bertz CT molecular complexity index is 670. The fourth-order valence-corrected chi connectivity index (χ4v) is 6.88. The van der Waals surface area contributed by atoms with E-state index in [2.05, 4.69) is 0 Å². The molecule has 0 amide bonds. The van der Waals surface area contributed by atoms with Gasteiger partial charge in [0.15, 0.2) is 0 Å². The SMILES string of the molecule is COP(=O)(OC1C2CC3CC(C2)CC1C3)c1ccc(OC(C)=O)cc1. The lowest BCUT2D eigenvalue weighted by atomic mass is 9.55. The van der Waals surface area contributed by atoms with Gasteiger partial charge in [0.25, 0.3) is 0 Å². The number of benzene rings is 1. The summed E-state index contributed by atoms with van der Waals surface area (Å²) in [6, 6.07) is 6.59. The van der Waals surface area contributed by atoms with Crippen LogP contribution in [0.3, 0.4) is 0 Å². The summed E-state index contributed by atoms with van der Waals surface area (Å²) >= 11 is 0. The maximum atomic E-state index is 13.4. The summed E-state index contributed by atoms with van der Waals surface area (Å²) in [7, 11) is -1.93. The lowest BCUT2D eigenvalue weighted by Gasteiger charge is -2.54. The maximum absolute atomic E-state index is 13.4. The number of carbonyl (C=O) groups excluding carboxylic acids is 1. The largest absolute Gasteiger partial charge is 0.427 e. The van der Waals surface area contributed by atoms with Crippen LogP contribution in [0.1, 0.15) is 39.0 Å². The predicted molar refractivity (Wildman–Crippen MR) is 93.9 cm³/mol. The normalized spacial score (nSPS) is 35.4. The van der Waals surface area contributed by atoms with Crippen LogP contribution < -0.4 is 10.0 Å². The molecule has 25 heavy (non-hydrogen) atoms. The summed E-state index contributed by atoms with van der Waals surface area (Å²) in [5, 5.41) is 0.514. The predicted octanol–water partition coefficient (Wildman–Crippen LogP) is 3.92. The van der Waals surface area contributed by atoms with Crippen LogP contribution in [-0.2, 0) is 18.4 Å². The van der Waals surface area contributed by atoms with Gasteiger partial charge in [-0.2, -0.15) is 0 Å². The smallest absolute Gasteiger partial charge is 0.361 e. The third kappa shape index (κ3) is 3.30. The summed E-state index contributed by atoms with van der Waals surface area (Å²) in [4.78, 5) is 11.0. The van der Waals surface area contributed by atoms with E-state index in [0.717, 1.165) is 11.8 Å². The third-order valence-electron chi connectivity index (χ3n) is 6.06. The van der Waals surface area contributed by atoms with Gasteiger partial charge >= 0.3 is 13.6 Å². The molecule has 1 aromatic rings. The Labute approximate surface area is 148 Å². The molecule has 4 saturated carbocycles. The van der Waals surface area contributed by atoms with Crippen LogP contribution in [0, 0.1) is 23.7 Å². The highest BCUT2D eigenvalue weighted by Crippen LogP contribution is 2.59. The minimum Gasteiger partial charge on any atom is -0.427 e. The Morgan fingerprint density at radius 3 is 2.04 bits per heavy atom. The Morgan fingerprint density at radius 2 is 1.56 bits per heavy atom. The number of esters is 1. The molecule has 136 valence electrons. The van der Waals surface area contributed by atoms with E-state index in [1.807, 2.05) is 0 Å². The van der Waals surface area contributed by atoms with Gasteiger partial charge < -0.3 is 13.8 Å². The van der Waals surface area contributed by atoms with E-state index in [-0.39, 0.29) is 12.1 Å². The first-order valence-electron chi connectivity index (χ1n) is 9.10. The Hall–Kier alpha value is -1.16. The van der Waals surface area contributed by atoms with Crippen LogP contribution in [0.4, 0.5) is 0 Å². The van der Waals surface area contributed by atoms with Gasteiger partial charge in [0.05, 0.1) is 11.4 Å². The summed E-state index contributed by atoms with van der Waals surface area (Å²) in [5.74, 6) is 2.75. The van der Waals surface area contributed by atoms with E-state index in [4.69, 9.17) is 13.8 Å². The van der Waals surface area contributed by atoms with Crippen LogP contribution in [0.5, 0.6) is 5.75 Å². The van der Waals surface area contributed by atoms with Crippen molar-refractivity contribution in [2.24, 2.45) is 23.7 Å². The molecule has 4 aliphatic carbocycles. The van der Waals surface area contributed by atoms with E-state index in [1.165, 1.54) is 46.1 Å². The molecule has 1 aromatic carbocycles. The van der Waals surface area contributed by atoms with E-state index >= 15 is 0 Å². The summed E-state index contributed by atoms with van der Waals surface area (Å²) in [6.45, 7) is 1.35. The molecule has 4 aliphatic rings. The van der Waals surface area contributed by atoms with Crippen LogP contribution in [0.15, 0.2) is 24.3 Å². The lowest BCUT2D eigenvalue weighted by Crippen LogP contribution is -2.49. The zero-order chi connectivity index (χ0) is 17.6. The van der Waals surface area contributed by atoms with Crippen molar-refractivity contribution in [2.75, 3.05) is 7.11 Å². The summed E-state index contributed by atoms with van der Waals surface area (Å²) < 4.78 is 30.0. The molecule has 0 heterocycles. The number of hydrogen-bond donors (Lipinski definition) is 0. The van der Waals surface area contributed by atoms with Gasteiger partial charge in [-0.3, -0.25) is 9.36 Å². The van der Waals surface area contributed by atoms with Crippen LogP contribution in [-0.4, -0.2) is 19.2 Å². The van der Waals surface area contributed by atoms with Crippen molar-refractivity contribution in [3.05, 3.63) is 24.3 Å². The second-order valence-electron chi connectivity index (χ2n) is 7.77. The monoisotopic (exact) mass is 364 g/mol. The molecular weight excluding hydrogens is 339 g/mol. The minimum atomic E-state index is -3.37. The van der Waals surface area contributed by atoms with E-state index in [1.54, 1.807) is 24.3 Å². The van der Waals surface area contributed by atoms with Gasteiger partial charge in [0.1, 0.15) is 5.75 Å². The average Bonchev–Trinajstić information content (AvgIpc) is 2.57. The van der Waals surface area contributed by atoms with E-state index in [9.17, 15) is 9.36 Å². The highest BCUT2D eigenvalue weighted by atomic mass is 31.2. The average molecular weight is 364 g/mol. The molecule has 0 spiro atoms. The fourth-order valence-electron chi connectivity index (χ4n) is 5.28. The Balaban J connectivity index is 1.53. The molecule has 4 bridgehead atoms. The Kier molecular flexibility index (Phi) is 4.51. The van der Waals surface area contributed by atoms with Crippen molar-refractivity contribution in [1.82, 2.24) is 0 Å². The van der Waals surface area contributed by atoms with Crippen molar-refractivity contribution in [2.45, 2.75) is 45.1 Å². The molecule has 0 aromatic heterocycles. The maximum Gasteiger partial charge on any atom is 0.361 e. The van der Waals surface area contributed by atoms with Crippen LogP contribution >= 0.6 is 7.60 Å². The quantitative estimate of drug-likeness (QED) is 0.450. The standard InChI is InChI=1S/C19H25O5P/c1-12(20)23-17-3-5-18(6-4-17)25(21,22-2)24-19-15-8-13-7-14(10-15)11-16(19)9-13/h3-6,13-16,19H,7-11H2,1-2H3. The zero-order valence-corrected chi connectivity index (χ0v) is 15.6. The fraction of sp³-hybridized carbons (Fsp3) is 0.632. The molecule has 4 fully saturated rings. The number of hydrogen-bond acceptors (Lipinski definition) is 5. The second kappa shape index (κ2) is 6.53. The van der Waals surface area contributed by atoms with Crippen LogP contribution in [0.25, 0.3) is 0 Å².